The molecule has 0 fully saturated rings. The van der Waals surface area contributed by atoms with Crippen LogP contribution in [0.25, 0.3) is 0 Å². The second kappa shape index (κ2) is 5.39. The second-order valence-corrected chi connectivity index (χ2v) is 3.89. The number of rotatable bonds is 4. The molecule has 4 heteroatoms. The van der Waals surface area contributed by atoms with Gasteiger partial charge in [-0.2, -0.15) is 0 Å². The quantitative estimate of drug-likeness (QED) is 0.824. The van der Waals surface area contributed by atoms with Crippen molar-refractivity contribution in [3.05, 3.63) is 29.3 Å². The van der Waals surface area contributed by atoms with Gasteiger partial charge in [-0.15, -0.1) is 0 Å². The lowest BCUT2D eigenvalue weighted by atomic mass is 9.99. The highest BCUT2D eigenvalue weighted by Crippen LogP contribution is 2.27. The van der Waals surface area contributed by atoms with Crippen LogP contribution in [0.4, 0.5) is 4.79 Å². The van der Waals surface area contributed by atoms with Crippen LogP contribution in [0.2, 0.25) is 0 Å². The molecule has 4 nitrogen and oxygen atoms in total. The number of carbonyl (C=O) groups is 1. The highest BCUT2D eigenvalue weighted by Gasteiger charge is 2.08. The molecular weight excluding hydrogens is 206 g/mol. The minimum atomic E-state index is -1.01. The lowest BCUT2D eigenvalue weighted by Gasteiger charge is -2.13. The fourth-order valence-electron chi connectivity index (χ4n) is 1.52. The Morgan fingerprint density at radius 1 is 1.50 bits per heavy atom. The van der Waals surface area contributed by atoms with E-state index in [1.54, 1.807) is 7.11 Å². The highest BCUT2D eigenvalue weighted by atomic mass is 16.5. The molecule has 88 valence electrons. The summed E-state index contributed by atoms with van der Waals surface area (Å²) in [7, 11) is 1.64. The van der Waals surface area contributed by atoms with Crippen LogP contribution in [0, 0.1) is 0 Å². The van der Waals surface area contributed by atoms with Crippen molar-refractivity contribution in [2.45, 2.75) is 26.3 Å². The molecule has 16 heavy (non-hydrogen) atoms. The smallest absolute Gasteiger partial charge is 0.404 e. The SMILES string of the molecule is COc1ccc(CNC(=O)O)cc1C(C)C. The summed E-state index contributed by atoms with van der Waals surface area (Å²) in [6.07, 6.45) is -1.01. The maximum absolute atomic E-state index is 10.4. The molecule has 0 aliphatic rings. The number of amides is 1. The summed E-state index contributed by atoms with van der Waals surface area (Å²) < 4.78 is 5.25. The number of hydrogen-bond donors (Lipinski definition) is 2. The molecule has 0 unspecified atom stereocenters. The Bertz CT molecular complexity index is 375. The first-order valence-corrected chi connectivity index (χ1v) is 5.18. The molecule has 0 saturated carbocycles. The van der Waals surface area contributed by atoms with Crippen molar-refractivity contribution >= 4 is 6.09 Å². The maximum Gasteiger partial charge on any atom is 0.404 e. The van der Waals surface area contributed by atoms with Crippen LogP contribution in [-0.4, -0.2) is 18.3 Å². The number of hydrogen-bond acceptors (Lipinski definition) is 2. The molecule has 0 atom stereocenters. The van der Waals surface area contributed by atoms with Crippen molar-refractivity contribution in [3.8, 4) is 5.75 Å². The van der Waals surface area contributed by atoms with E-state index in [4.69, 9.17) is 9.84 Å². The van der Waals surface area contributed by atoms with Crippen LogP contribution in [0.15, 0.2) is 18.2 Å². The highest BCUT2D eigenvalue weighted by molar-refractivity contribution is 5.64. The third-order valence-electron chi connectivity index (χ3n) is 2.36. The Hall–Kier alpha value is -1.71. The van der Waals surface area contributed by atoms with Crippen LogP contribution in [-0.2, 0) is 6.54 Å². The van der Waals surface area contributed by atoms with Crippen LogP contribution in [0.3, 0.4) is 0 Å². The Morgan fingerprint density at radius 2 is 2.19 bits per heavy atom. The van der Waals surface area contributed by atoms with Crippen molar-refractivity contribution in [2.24, 2.45) is 0 Å². The minimum absolute atomic E-state index is 0.318. The van der Waals surface area contributed by atoms with Gasteiger partial charge in [0.1, 0.15) is 5.75 Å². The van der Waals surface area contributed by atoms with Crippen molar-refractivity contribution < 1.29 is 14.6 Å². The molecule has 0 aromatic heterocycles. The Labute approximate surface area is 95.2 Å². The lowest BCUT2D eigenvalue weighted by molar-refractivity contribution is 0.194. The van der Waals surface area contributed by atoms with E-state index in [0.717, 1.165) is 16.9 Å². The standard InChI is InChI=1S/C12H17NO3/c1-8(2)10-6-9(7-13-12(14)15)4-5-11(10)16-3/h4-6,8,13H,7H2,1-3H3,(H,14,15). The number of carboxylic acid groups (broad SMARTS) is 1. The molecule has 0 aliphatic carbocycles. The first-order chi connectivity index (χ1) is 7.54. The van der Waals surface area contributed by atoms with Gasteiger partial charge in [0.25, 0.3) is 0 Å². The van der Waals surface area contributed by atoms with E-state index < -0.39 is 6.09 Å². The van der Waals surface area contributed by atoms with E-state index in [9.17, 15) is 4.79 Å². The summed E-state index contributed by atoms with van der Waals surface area (Å²) in [5.41, 5.74) is 2.03. The van der Waals surface area contributed by atoms with Gasteiger partial charge in [-0.1, -0.05) is 26.0 Å². The first kappa shape index (κ1) is 12.4. The predicted molar refractivity (Wildman–Crippen MR) is 61.9 cm³/mol. The third-order valence-corrected chi connectivity index (χ3v) is 2.36. The largest absolute Gasteiger partial charge is 0.496 e. The molecule has 0 radical (unpaired) electrons. The molecule has 2 N–H and O–H groups in total. The van der Waals surface area contributed by atoms with Gasteiger partial charge in [0.05, 0.1) is 7.11 Å². The number of methoxy groups -OCH3 is 1. The van der Waals surface area contributed by atoms with Gasteiger partial charge in [-0.25, -0.2) is 4.79 Å². The molecule has 0 bridgehead atoms. The van der Waals surface area contributed by atoms with E-state index in [1.165, 1.54) is 0 Å². The van der Waals surface area contributed by atoms with Gasteiger partial charge in [0.2, 0.25) is 0 Å². The first-order valence-electron chi connectivity index (χ1n) is 5.18. The molecule has 0 aliphatic heterocycles. The molecule has 1 amide bonds. The zero-order chi connectivity index (χ0) is 12.1. The summed E-state index contributed by atoms with van der Waals surface area (Å²) in [4.78, 5) is 10.4. The van der Waals surface area contributed by atoms with Gasteiger partial charge in [0, 0.05) is 6.54 Å². The Morgan fingerprint density at radius 3 is 2.69 bits per heavy atom. The van der Waals surface area contributed by atoms with Crippen molar-refractivity contribution in [2.75, 3.05) is 7.11 Å². The third kappa shape index (κ3) is 3.15. The second-order valence-electron chi connectivity index (χ2n) is 3.89. The van der Waals surface area contributed by atoms with Crippen LogP contribution >= 0.6 is 0 Å². The fraction of sp³-hybridized carbons (Fsp3) is 0.417. The number of ether oxygens (including phenoxy) is 1. The summed E-state index contributed by atoms with van der Waals surface area (Å²) in [6.45, 7) is 4.47. The Kier molecular flexibility index (Phi) is 4.17. The average molecular weight is 223 g/mol. The molecule has 1 aromatic rings. The van der Waals surface area contributed by atoms with E-state index in [0.29, 0.717) is 12.5 Å². The van der Waals surface area contributed by atoms with Crippen molar-refractivity contribution in [1.29, 1.82) is 0 Å². The van der Waals surface area contributed by atoms with Gasteiger partial charge in [-0.05, 0) is 23.1 Å². The number of nitrogens with one attached hydrogen (secondary N) is 1. The van der Waals surface area contributed by atoms with Gasteiger partial charge >= 0.3 is 6.09 Å². The zero-order valence-electron chi connectivity index (χ0n) is 9.78. The normalized spacial score (nSPS) is 10.2. The zero-order valence-corrected chi connectivity index (χ0v) is 9.78. The predicted octanol–water partition coefficient (Wildman–Crippen LogP) is 2.59. The molecule has 0 heterocycles. The number of benzene rings is 1. The Balaban J connectivity index is 2.89. The van der Waals surface area contributed by atoms with Crippen molar-refractivity contribution in [3.63, 3.8) is 0 Å². The van der Waals surface area contributed by atoms with E-state index in [1.807, 2.05) is 18.2 Å². The molecule has 1 rings (SSSR count). The topological polar surface area (TPSA) is 58.6 Å². The summed E-state index contributed by atoms with van der Waals surface area (Å²) in [6, 6.07) is 5.70. The minimum Gasteiger partial charge on any atom is -0.496 e. The van der Waals surface area contributed by atoms with E-state index in [-0.39, 0.29) is 0 Å². The molecule has 0 spiro atoms. The summed E-state index contributed by atoms with van der Waals surface area (Å²) >= 11 is 0. The average Bonchev–Trinajstić information content (AvgIpc) is 2.25. The van der Waals surface area contributed by atoms with Crippen LogP contribution < -0.4 is 10.1 Å². The van der Waals surface area contributed by atoms with Crippen LogP contribution in [0.5, 0.6) is 5.75 Å². The van der Waals surface area contributed by atoms with Gasteiger partial charge in [0.15, 0.2) is 0 Å². The molecule has 0 saturated heterocycles. The van der Waals surface area contributed by atoms with Crippen LogP contribution in [0.1, 0.15) is 30.9 Å². The van der Waals surface area contributed by atoms with E-state index >= 15 is 0 Å². The maximum atomic E-state index is 10.4. The monoisotopic (exact) mass is 223 g/mol. The fourth-order valence-corrected chi connectivity index (χ4v) is 1.52. The van der Waals surface area contributed by atoms with Gasteiger partial charge < -0.3 is 15.2 Å². The summed E-state index contributed by atoms with van der Waals surface area (Å²) in [5.74, 6) is 1.19. The van der Waals surface area contributed by atoms with Gasteiger partial charge in [-0.3, -0.25) is 0 Å². The molecule has 1 aromatic carbocycles. The lowest BCUT2D eigenvalue weighted by Crippen LogP contribution is -2.20. The van der Waals surface area contributed by atoms with E-state index in [2.05, 4.69) is 19.2 Å². The molecular formula is C12H17NO3. The van der Waals surface area contributed by atoms with Crippen molar-refractivity contribution in [1.82, 2.24) is 5.32 Å². The summed E-state index contributed by atoms with van der Waals surface area (Å²) in [5, 5.41) is 10.9.